The van der Waals surface area contributed by atoms with Gasteiger partial charge in [-0.2, -0.15) is 0 Å². The highest BCUT2D eigenvalue weighted by molar-refractivity contribution is 5.16. The van der Waals surface area contributed by atoms with Crippen molar-refractivity contribution in [3.05, 3.63) is 12.2 Å². The van der Waals surface area contributed by atoms with Crippen molar-refractivity contribution in [2.75, 3.05) is 7.11 Å². The molecule has 2 aliphatic rings. The third-order valence-corrected chi connectivity index (χ3v) is 5.19. The molecule has 0 aromatic carbocycles. The molecule has 92 valence electrons. The third-order valence-electron chi connectivity index (χ3n) is 5.19. The number of allylic oxidation sites excluding steroid dienone is 1. The molecule has 0 N–H and O–H groups in total. The van der Waals surface area contributed by atoms with E-state index >= 15 is 0 Å². The van der Waals surface area contributed by atoms with Gasteiger partial charge >= 0.3 is 0 Å². The molecule has 2 aliphatic carbocycles. The molecule has 0 radical (unpaired) electrons. The van der Waals surface area contributed by atoms with Crippen molar-refractivity contribution < 1.29 is 4.74 Å². The fourth-order valence-electron chi connectivity index (χ4n) is 3.76. The van der Waals surface area contributed by atoms with E-state index in [-0.39, 0.29) is 5.60 Å². The first-order valence-corrected chi connectivity index (χ1v) is 6.62. The van der Waals surface area contributed by atoms with Crippen LogP contribution in [0, 0.1) is 17.3 Å². The molecule has 1 heteroatoms. The number of ether oxygens (including phenoxy) is 1. The molecule has 0 heterocycles. The first-order valence-electron chi connectivity index (χ1n) is 6.62. The summed E-state index contributed by atoms with van der Waals surface area (Å²) in [5, 5.41) is 0. The fraction of sp³-hybridized carbons (Fsp3) is 0.867. The highest BCUT2D eigenvalue weighted by Gasteiger charge is 2.44. The summed E-state index contributed by atoms with van der Waals surface area (Å²) in [7, 11) is 1.86. The van der Waals surface area contributed by atoms with E-state index in [1.807, 2.05) is 7.11 Å². The van der Waals surface area contributed by atoms with Crippen LogP contribution in [0.25, 0.3) is 0 Å². The zero-order valence-electron chi connectivity index (χ0n) is 11.3. The summed E-state index contributed by atoms with van der Waals surface area (Å²) < 4.78 is 5.74. The van der Waals surface area contributed by atoms with Crippen molar-refractivity contribution in [2.45, 2.75) is 58.5 Å². The van der Waals surface area contributed by atoms with Crippen molar-refractivity contribution in [2.24, 2.45) is 17.3 Å². The zero-order valence-corrected chi connectivity index (χ0v) is 11.3. The quantitative estimate of drug-likeness (QED) is 0.605. The Morgan fingerprint density at radius 2 is 1.88 bits per heavy atom. The SMILES string of the molecule is C=C1C2CCC(C)(C)C1CCC(C)(OC)C2. The molecule has 0 aromatic heterocycles. The van der Waals surface area contributed by atoms with E-state index < -0.39 is 0 Å². The van der Waals surface area contributed by atoms with Crippen molar-refractivity contribution in [3.8, 4) is 0 Å². The van der Waals surface area contributed by atoms with Crippen LogP contribution in [-0.2, 0) is 4.74 Å². The van der Waals surface area contributed by atoms with Gasteiger partial charge in [0.25, 0.3) is 0 Å². The standard InChI is InChI=1S/C15H26O/c1-11-12-6-8-14(2,3)13(11)7-9-15(4,10-12)16-5/h12-13H,1,6-10H2,2-5H3. The molecule has 2 bridgehead atoms. The van der Waals surface area contributed by atoms with Crippen molar-refractivity contribution in [1.29, 1.82) is 0 Å². The predicted molar refractivity (Wildman–Crippen MR) is 68.4 cm³/mol. The van der Waals surface area contributed by atoms with Crippen LogP contribution in [0.2, 0.25) is 0 Å². The minimum Gasteiger partial charge on any atom is -0.379 e. The molecular weight excluding hydrogens is 196 g/mol. The van der Waals surface area contributed by atoms with Crippen LogP contribution in [0.15, 0.2) is 12.2 Å². The number of methoxy groups -OCH3 is 1. The molecule has 0 aliphatic heterocycles. The van der Waals surface area contributed by atoms with Crippen molar-refractivity contribution >= 4 is 0 Å². The molecule has 0 aromatic rings. The van der Waals surface area contributed by atoms with Crippen LogP contribution < -0.4 is 0 Å². The van der Waals surface area contributed by atoms with Crippen LogP contribution in [-0.4, -0.2) is 12.7 Å². The smallest absolute Gasteiger partial charge is 0.0656 e. The number of hydrogen-bond donors (Lipinski definition) is 0. The summed E-state index contributed by atoms with van der Waals surface area (Å²) >= 11 is 0. The molecule has 2 fully saturated rings. The molecule has 3 atom stereocenters. The maximum absolute atomic E-state index is 5.74. The van der Waals surface area contributed by atoms with Crippen molar-refractivity contribution in [1.82, 2.24) is 0 Å². The summed E-state index contributed by atoms with van der Waals surface area (Å²) in [5.74, 6) is 1.41. The lowest BCUT2D eigenvalue weighted by atomic mass is 9.62. The van der Waals surface area contributed by atoms with Gasteiger partial charge in [-0.1, -0.05) is 26.0 Å². The van der Waals surface area contributed by atoms with Gasteiger partial charge in [-0.25, -0.2) is 0 Å². The van der Waals surface area contributed by atoms with E-state index in [1.54, 1.807) is 0 Å². The molecule has 16 heavy (non-hydrogen) atoms. The van der Waals surface area contributed by atoms with E-state index in [0.717, 1.165) is 0 Å². The summed E-state index contributed by atoms with van der Waals surface area (Å²) in [6.45, 7) is 11.5. The second kappa shape index (κ2) is 3.87. The van der Waals surface area contributed by atoms with Crippen molar-refractivity contribution in [3.63, 3.8) is 0 Å². The van der Waals surface area contributed by atoms with Gasteiger partial charge in [-0.05, 0) is 56.3 Å². The molecule has 2 rings (SSSR count). The first kappa shape index (κ1) is 12.2. The molecule has 0 saturated heterocycles. The number of fused-ring (bicyclic) bond motifs is 2. The monoisotopic (exact) mass is 222 g/mol. The predicted octanol–water partition coefficient (Wildman–Crippen LogP) is 4.18. The molecule has 1 nitrogen and oxygen atoms in total. The van der Waals surface area contributed by atoms with E-state index in [9.17, 15) is 0 Å². The Labute approximate surface area is 100 Å². The van der Waals surface area contributed by atoms with Crippen LogP contribution in [0.1, 0.15) is 52.9 Å². The summed E-state index contributed by atoms with van der Waals surface area (Å²) in [6.07, 6.45) is 6.27. The second-order valence-electron chi connectivity index (χ2n) is 6.75. The molecule has 0 amide bonds. The summed E-state index contributed by atoms with van der Waals surface area (Å²) in [4.78, 5) is 0. The Bertz CT molecular complexity index is 292. The van der Waals surface area contributed by atoms with Crippen LogP contribution in [0.4, 0.5) is 0 Å². The summed E-state index contributed by atoms with van der Waals surface area (Å²) in [6, 6.07) is 0. The van der Waals surface area contributed by atoms with E-state index in [4.69, 9.17) is 4.74 Å². The zero-order chi connectivity index (χ0) is 12.0. The Morgan fingerprint density at radius 1 is 1.19 bits per heavy atom. The Kier molecular flexibility index (Phi) is 2.94. The molecule has 2 saturated carbocycles. The number of hydrogen-bond acceptors (Lipinski definition) is 1. The molecular formula is C15H26O. The highest BCUT2D eigenvalue weighted by atomic mass is 16.5. The van der Waals surface area contributed by atoms with Gasteiger partial charge in [0.05, 0.1) is 5.60 Å². The third kappa shape index (κ3) is 1.95. The lowest BCUT2D eigenvalue weighted by molar-refractivity contribution is -0.0144. The molecule has 3 unspecified atom stereocenters. The lowest BCUT2D eigenvalue weighted by Crippen LogP contribution is -2.33. The Morgan fingerprint density at radius 3 is 2.50 bits per heavy atom. The van der Waals surface area contributed by atoms with Gasteiger partial charge in [0.15, 0.2) is 0 Å². The minimum atomic E-state index is 0.0861. The van der Waals surface area contributed by atoms with Gasteiger partial charge in [-0.3, -0.25) is 0 Å². The van der Waals surface area contributed by atoms with E-state index in [1.165, 1.54) is 37.7 Å². The maximum Gasteiger partial charge on any atom is 0.0656 e. The van der Waals surface area contributed by atoms with Crippen LogP contribution >= 0.6 is 0 Å². The number of rotatable bonds is 1. The Hall–Kier alpha value is -0.300. The Balaban J connectivity index is 2.26. The van der Waals surface area contributed by atoms with Gasteiger partial charge in [0, 0.05) is 7.11 Å². The molecule has 0 spiro atoms. The van der Waals surface area contributed by atoms with E-state index in [0.29, 0.717) is 17.3 Å². The normalized spacial score (nSPS) is 42.9. The average molecular weight is 222 g/mol. The average Bonchev–Trinajstić information content (AvgIpc) is 2.31. The first-order chi connectivity index (χ1) is 7.38. The van der Waals surface area contributed by atoms with Gasteiger partial charge < -0.3 is 4.74 Å². The lowest BCUT2D eigenvalue weighted by Gasteiger charge is -2.43. The maximum atomic E-state index is 5.74. The fourth-order valence-corrected chi connectivity index (χ4v) is 3.76. The van der Waals surface area contributed by atoms with Gasteiger partial charge in [0.1, 0.15) is 0 Å². The summed E-state index contributed by atoms with van der Waals surface area (Å²) in [5.41, 5.74) is 2.05. The second-order valence-corrected chi connectivity index (χ2v) is 6.75. The van der Waals surface area contributed by atoms with Crippen LogP contribution in [0.3, 0.4) is 0 Å². The highest BCUT2D eigenvalue weighted by Crippen LogP contribution is 2.53. The topological polar surface area (TPSA) is 9.23 Å². The van der Waals surface area contributed by atoms with Gasteiger partial charge in [-0.15, -0.1) is 0 Å². The minimum absolute atomic E-state index is 0.0861. The van der Waals surface area contributed by atoms with Crippen LogP contribution in [0.5, 0.6) is 0 Å². The van der Waals surface area contributed by atoms with Gasteiger partial charge in [0.2, 0.25) is 0 Å². The van der Waals surface area contributed by atoms with E-state index in [2.05, 4.69) is 27.4 Å². The largest absolute Gasteiger partial charge is 0.379 e.